The van der Waals surface area contributed by atoms with E-state index in [1.165, 1.54) is 12.7 Å². The molecule has 0 spiro atoms. The Bertz CT molecular complexity index is 271. The van der Waals surface area contributed by atoms with Crippen LogP contribution in [-0.4, -0.2) is 20.9 Å². The molecule has 0 fully saturated rings. The number of aromatic nitrogens is 3. The topological polar surface area (TPSA) is 65.0 Å². The summed E-state index contributed by atoms with van der Waals surface area (Å²) in [4.78, 5) is 21.7. The van der Waals surface area contributed by atoms with E-state index in [0.717, 1.165) is 0 Å². The van der Waals surface area contributed by atoms with E-state index in [-0.39, 0.29) is 5.82 Å². The SMILES string of the molecule is O=C(OCl)C(S)c1ncncn1. The first-order valence-corrected chi connectivity index (χ1v) is 3.70. The molecule has 1 heterocycles. The molecular formula is C5H4ClN3O2S. The molecule has 0 radical (unpaired) electrons. The molecule has 5 nitrogen and oxygen atoms in total. The summed E-state index contributed by atoms with van der Waals surface area (Å²) in [5.41, 5.74) is 0. The van der Waals surface area contributed by atoms with E-state index >= 15 is 0 Å². The van der Waals surface area contributed by atoms with Gasteiger partial charge < -0.3 is 4.29 Å². The molecule has 0 saturated heterocycles. The molecule has 12 heavy (non-hydrogen) atoms. The molecule has 0 amide bonds. The first-order valence-electron chi connectivity index (χ1n) is 2.88. The van der Waals surface area contributed by atoms with Crippen molar-refractivity contribution < 1.29 is 9.08 Å². The molecular weight excluding hydrogens is 202 g/mol. The second-order valence-electron chi connectivity index (χ2n) is 1.80. The summed E-state index contributed by atoms with van der Waals surface area (Å²) >= 11 is 8.71. The summed E-state index contributed by atoms with van der Waals surface area (Å²) in [5.74, 6) is -0.509. The molecule has 0 aliphatic rings. The van der Waals surface area contributed by atoms with Crippen molar-refractivity contribution >= 4 is 30.5 Å². The van der Waals surface area contributed by atoms with Gasteiger partial charge in [-0.15, -0.1) is 0 Å². The standard InChI is InChI=1S/C5H4ClN3O2S/c6-11-5(10)3(12)4-8-1-7-2-9-4/h1-3,12H. The van der Waals surface area contributed by atoms with E-state index in [2.05, 4.69) is 31.9 Å². The molecule has 1 rings (SSSR count). The zero-order valence-electron chi connectivity index (χ0n) is 5.72. The van der Waals surface area contributed by atoms with Crippen LogP contribution in [0, 0.1) is 0 Å². The lowest BCUT2D eigenvalue weighted by Gasteiger charge is -2.02. The maximum absolute atomic E-state index is 10.8. The molecule has 0 saturated carbocycles. The molecule has 0 bridgehead atoms. The van der Waals surface area contributed by atoms with Crippen LogP contribution < -0.4 is 0 Å². The highest BCUT2D eigenvalue weighted by atomic mass is 35.5. The molecule has 1 aromatic rings. The average Bonchev–Trinajstić information content (AvgIpc) is 2.17. The van der Waals surface area contributed by atoms with Crippen LogP contribution in [0.5, 0.6) is 0 Å². The quantitative estimate of drug-likeness (QED) is 0.714. The number of rotatable bonds is 2. The molecule has 64 valence electrons. The Hall–Kier alpha value is -0.880. The van der Waals surface area contributed by atoms with E-state index in [0.29, 0.717) is 0 Å². The Balaban J connectivity index is 2.78. The highest BCUT2D eigenvalue weighted by molar-refractivity contribution is 7.81. The van der Waals surface area contributed by atoms with Crippen molar-refractivity contribution in [2.45, 2.75) is 5.25 Å². The van der Waals surface area contributed by atoms with E-state index in [4.69, 9.17) is 11.9 Å². The minimum absolute atomic E-state index is 0.207. The predicted octanol–water partition coefficient (Wildman–Crippen LogP) is 0.540. The Morgan fingerprint density at radius 2 is 2.17 bits per heavy atom. The van der Waals surface area contributed by atoms with Crippen molar-refractivity contribution in [3.8, 4) is 0 Å². The van der Waals surface area contributed by atoms with Gasteiger partial charge in [0.25, 0.3) is 0 Å². The van der Waals surface area contributed by atoms with Gasteiger partial charge in [-0.05, 0) is 0 Å². The molecule has 1 aromatic heterocycles. The van der Waals surface area contributed by atoms with Crippen molar-refractivity contribution in [2.75, 3.05) is 0 Å². The highest BCUT2D eigenvalue weighted by Gasteiger charge is 2.20. The lowest BCUT2D eigenvalue weighted by atomic mass is 10.4. The zero-order valence-corrected chi connectivity index (χ0v) is 7.37. The van der Waals surface area contributed by atoms with Crippen molar-refractivity contribution in [3.63, 3.8) is 0 Å². The van der Waals surface area contributed by atoms with Crippen molar-refractivity contribution in [3.05, 3.63) is 18.5 Å². The van der Waals surface area contributed by atoms with Gasteiger partial charge in [-0.25, -0.2) is 19.7 Å². The van der Waals surface area contributed by atoms with Crippen LogP contribution in [0.3, 0.4) is 0 Å². The van der Waals surface area contributed by atoms with E-state index in [9.17, 15) is 4.79 Å². The number of nitrogens with zero attached hydrogens (tertiary/aromatic N) is 3. The van der Waals surface area contributed by atoms with E-state index < -0.39 is 11.2 Å². The second kappa shape index (κ2) is 4.22. The summed E-state index contributed by atoms with van der Waals surface area (Å²) in [6.45, 7) is 0. The van der Waals surface area contributed by atoms with Gasteiger partial charge in [0.1, 0.15) is 24.5 Å². The smallest absolute Gasteiger partial charge is 0.345 e. The minimum Gasteiger partial charge on any atom is -0.346 e. The predicted molar refractivity (Wildman–Crippen MR) is 43.5 cm³/mol. The van der Waals surface area contributed by atoms with Crippen LogP contribution in [0.1, 0.15) is 11.1 Å². The van der Waals surface area contributed by atoms with Gasteiger partial charge in [0, 0.05) is 0 Å². The second-order valence-corrected chi connectivity index (χ2v) is 2.47. The average molecular weight is 206 g/mol. The van der Waals surface area contributed by atoms with Crippen LogP contribution in [0.15, 0.2) is 12.7 Å². The molecule has 0 aliphatic heterocycles. The summed E-state index contributed by atoms with van der Waals surface area (Å²) in [6.07, 6.45) is 2.51. The van der Waals surface area contributed by atoms with E-state index in [1.807, 2.05) is 0 Å². The fourth-order valence-corrected chi connectivity index (χ4v) is 0.874. The Morgan fingerprint density at radius 1 is 1.58 bits per heavy atom. The fourth-order valence-electron chi connectivity index (χ4n) is 0.537. The zero-order chi connectivity index (χ0) is 8.97. The maximum atomic E-state index is 10.8. The normalized spacial score (nSPS) is 12.2. The summed E-state index contributed by atoms with van der Waals surface area (Å²) in [7, 11) is 0. The minimum atomic E-state index is -0.870. The van der Waals surface area contributed by atoms with Crippen LogP contribution in [0.2, 0.25) is 0 Å². The lowest BCUT2D eigenvalue weighted by Crippen LogP contribution is -2.10. The monoisotopic (exact) mass is 205 g/mol. The third kappa shape index (κ3) is 2.05. The summed E-state index contributed by atoms with van der Waals surface area (Å²) < 4.78 is 3.92. The largest absolute Gasteiger partial charge is 0.346 e. The molecule has 0 N–H and O–H groups in total. The number of carbonyl (C=O) groups is 1. The van der Waals surface area contributed by atoms with Crippen LogP contribution in [0.25, 0.3) is 0 Å². The summed E-state index contributed by atoms with van der Waals surface area (Å²) in [5, 5.41) is -0.870. The van der Waals surface area contributed by atoms with Crippen LogP contribution in [-0.2, 0) is 9.08 Å². The van der Waals surface area contributed by atoms with Gasteiger partial charge in [0.05, 0.1) is 0 Å². The fraction of sp³-hybridized carbons (Fsp3) is 0.200. The Morgan fingerprint density at radius 3 is 2.67 bits per heavy atom. The highest BCUT2D eigenvalue weighted by Crippen LogP contribution is 2.16. The first kappa shape index (κ1) is 9.21. The first-order chi connectivity index (χ1) is 5.75. The Labute approximate surface area is 78.7 Å². The van der Waals surface area contributed by atoms with E-state index in [1.54, 1.807) is 0 Å². The van der Waals surface area contributed by atoms with Crippen LogP contribution in [0.4, 0.5) is 0 Å². The van der Waals surface area contributed by atoms with Gasteiger partial charge in [-0.3, -0.25) is 0 Å². The lowest BCUT2D eigenvalue weighted by molar-refractivity contribution is -0.133. The third-order valence-corrected chi connectivity index (χ3v) is 1.65. The van der Waals surface area contributed by atoms with Gasteiger partial charge in [-0.2, -0.15) is 12.6 Å². The molecule has 1 atom stereocenters. The van der Waals surface area contributed by atoms with Crippen molar-refractivity contribution in [1.82, 2.24) is 15.0 Å². The van der Waals surface area contributed by atoms with Gasteiger partial charge in [0.15, 0.2) is 11.1 Å². The number of thiol groups is 1. The van der Waals surface area contributed by atoms with Crippen LogP contribution >= 0.6 is 24.5 Å². The molecule has 0 aromatic carbocycles. The van der Waals surface area contributed by atoms with Gasteiger partial charge in [0.2, 0.25) is 0 Å². The number of carbonyl (C=O) groups excluding carboxylic acids is 1. The summed E-state index contributed by atoms with van der Waals surface area (Å²) in [6, 6.07) is 0. The molecule has 1 unspecified atom stereocenters. The van der Waals surface area contributed by atoms with Gasteiger partial charge in [-0.1, -0.05) is 0 Å². The Kier molecular flexibility index (Phi) is 3.24. The van der Waals surface area contributed by atoms with Crippen molar-refractivity contribution in [2.24, 2.45) is 0 Å². The van der Waals surface area contributed by atoms with Gasteiger partial charge >= 0.3 is 5.97 Å². The van der Waals surface area contributed by atoms with Crippen molar-refractivity contribution in [1.29, 1.82) is 0 Å². The molecule has 0 aliphatic carbocycles. The number of hydrogen-bond acceptors (Lipinski definition) is 6. The third-order valence-electron chi connectivity index (χ3n) is 1.06. The number of hydrogen-bond donors (Lipinski definition) is 1. The maximum Gasteiger partial charge on any atom is 0.345 e. The molecule has 7 heteroatoms. The number of halogens is 1.